The summed E-state index contributed by atoms with van der Waals surface area (Å²) in [6.07, 6.45) is 5.83. The maximum absolute atomic E-state index is 4.14. The smallest absolute Gasteiger partial charge is 0.00134 e. The van der Waals surface area contributed by atoms with Gasteiger partial charge in [0.1, 0.15) is 0 Å². The van der Waals surface area contributed by atoms with E-state index in [-0.39, 0.29) is 0 Å². The van der Waals surface area contributed by atoms with Crippen LogP contribution in [0.3, 0.4) is 0 Å². The summed E-state index contributed by atoms with van der Waals surface area (Å²) in [5.74, 6) is 0.898. The van der Waals surface area contributed by atoms with Crippen molar-refractivity contribution < 1.29 is 0 Å². The molecule has 0 aromatic heterocycles. The lowest BCUT2D eigenvalue weighted by molar-refractivity contribution is 0.576. The average Bonchev–Trinajstić information content (AvgIpc) is 2.74. The number of rotatable bonds is 7. The minimum Gasteiger partial charge on any atom is -0.0961 e. The van der Waals surface area contributed by atoms with Crippen molar-refractivity contribution in [3.8, 4) is 0 Å². The molecule has 0 bridgehead atoms. The Balaban J connectivity index is 0.000000534. The molecule has 0 nitrogen and oxygen atoms in total. The Morgan fingerprint density at radius 2 is 1.47 bits per heavy atom. The first-order valence-electron chi connectivity index (χ1n) is 11.9. The number of hydrogen-bond acceptors (Lipinski definition) is 0. The molecule has 0 heterocycles. The maximum atomic E-state index is 4.14. The first-order chi connectivity index (χ1) is 15.3. The van der Waals surface area contributed by atoms with Crippen LogP contribution in [0.5, 0.6) is 0 Å². The third kappa shape index (κ3) is 7.68. The van der Waals surface area contributed by atoms with Crippen molar-refractivity contribution in [2.45, 2.75) is 60.8 Å². The quantitative estimate of drug-likeness (QED) is 0.331. The fourth-order valence-electron chi connectivity index (χ4n) is 4.14. The standard InChI is InChI=1S/C26H26.C6H14/c1-19(2)17-24(26(20(3)4)22-12-6-5-7-13-22)18-23-15-10-14-21-11-8-9-16-25(21)23;1-4-5-6(2)3/h5-17H,1,18H2,2-4H3;6H,4-5H2,1-3H3/b24-17-;. The van der Waals surface area contributed by atoms with Crippen LogP contribution >= 0.6 is 0 Å². The highest BCUT2D eigenvalue weighted by Crippen LogP contribution is 2.32. The fraction of sp³-hybridized carbons (Fsp3) is 0.312. The summed E-state index contributed by atoms with van der Waals surface area (Å²) in [5.41, 5.74) is 7.66. The van der Waals surface area contributed by atoms with Crippen molar-refractivity contribution in [1.29, 1.82) is 0 Å². The van der Waals surface area contributed by atoms with Gasteiger partial charge in [0.05, 0.1) is 0 Å². The minimum atomic E-state index is 0.892. The molecular weight excluding hydrogens is 384 g/mol. The van der Waals surface area contributed by atoms with E-state index < -0.39 is 0 Å². The Morgan fingerprint density at radius 1 is 0.844 bits per heavy atom. The summed E-state index contributed by atoms with van der Waals surface area (Å²) < 4.78 is 0. The summed E-state index contributed by atoms with van der Waals surface area (Å²) in [5, 5.41) is 2.61. The van der Waals surface area contributed by atoms with Gasteiger partial charge in [-0.2, -0.15) is 0 Å². The summed E-state index contributed by atoms with van der Waals surface area (Å²) in [7, 11) is 0. The Bertz CT molecular complexity index is 1050. The molecule has 0 aliphatic rings. The molecule has 0 saturated heterocycles. The lowest BCUT2D eigenvalue weighted by Crippen LogP contribution is -1.99. The first kappa shape index (κ1) is 25.4. The number of hydrogen-bond donors (Lipinski definition) is 0. The molecular formula is C32H40. The van der Waals surface area contributed by atoms with Gasteiger partial charge in [0, 0.05) is 0 Å². The zero-order chi connectivity index (χ0) is 23.5. The van der Waals surface area contributed by atoms with Crippen LogP contribution in [0.1, 0.15) is 65.5 Å². The van der Waals surface area contributed by atoms with E-state index in [1.165, 1.54) is 51.5 Å². The van der Waals surface area contributed by atoms with Gasteiger partial charge in [-0.05, 0) is 66.2 Å². The second kappa shape index (κ2) is 12.9. The van der Waals surface area contributed by atoms with Crippen LogP contribution in [-0.2, 0) is 6.42 Å². The second-order valence-electron chi connectivity index (χ2n) is 9.25. The molecule has 3 aromatic carbocycles. The van der Waals surface area contributed by atoms with Crippen LogP contribution in [0.15, 0.2) is 102 Å². The van der Waals surface area contributed by atoms with E-state index in [1.807, 2.05) is 0 Å². The normalized spacial score (nSPS) is 11.2. The number of fused-ring (bicyclic) bond motifs is 1. The molecule has 168 valence electrons. The third-order valence-electron chi connectivity index (χ3n) is 5.43. The molecule has 0 aliphatic heterocycles. The SMILES string of the molecule is C=C(C)/C=C(/Cc1cccc2ccccc12)C(=C(C)C)c1ccccc1.CCCC(C)C. The molecule has 0 aliphatic carbocycles. The summed E-state index contributed by atoms with van der Waals surface area (Å²) in [6.45, 7) is 17.3. The molecule has 3 aromatic rings. The molecule has 0 radical (unpaired) electrons. The molecule has 32 heavy (non-hydrogen) atoms. The summed E-state index contributed by atoms with van der Waals surface area (Å²) in [4.78, 5) is 0. The van der Waals surface area contributed by atoms with Crippen LogP contribution < -0.4 is 0 Å². The van der Waals surface area contributed by atoms with Crippen molar-refractivity contribution in [2.75, 3.05) is 0 Å². The highest BCUT2D eigenvalue weighted by molar-refractivity contribution is 5.88. The predicted molar refractivity (Wildman–Crippen MR) is 145 cm³/mol. The van der Waals surface area contributed by atoms with E-state index in [2.05, 4.69) is 127 Å². The van der Waals surface area contributed by atoms with E-state index in [9.17, 15) is 0 Å². The molecule has 0 atom stereocenters. The Hall–Kier alpha value is -2.86. The van der Waals surface area contributed by atoms with Gasteiger partial charge < -0.3 is 0 Å². The van der Waals surface area contributed by atoms with Crippen LogP contribution in [0.4, 0.5) is 0 Å². The second-order valence-corrected chi connectivity index (χ2v) is 9.25. The fourth-order valence-corrected chi connectivity index (χ4v) is 4.14. The monoisotopic (exact) mass is 424 g/mol. The molecule has 0 heteroatoms. The van der Waals surface area contributed by atoms with Gasteiger partial charge in [-0.15, -0.1) is 0 Å². The van der Waals surface area contributed by atoms with Crippen molar-refractivity contribution >= 4 is 16.3 Å². The Kier molecular flexibility index (Phi) is 10.2. The van der Waals surface area contributed by atoms with Crippen LogP contribution in [0.2, 0.25) is 0 Å². The summed E-state index contributed by atoms with van der Waals surface area (Å²) in [6, 6.07) is 25.9. The van der Waals surface area contributed by atoms with E-state index in [4.69, 9.17) is 0 Å². The van der Waals surface area contributed by atoms with Gasteiger partial charge in [0.25, 0.3) is 0 Å². The van der Waals surface area contributed by atoms with Gasteiger partial charge in [-0.1, -0.05) is 130 Å². The minimum absolute atomic E-state index is 0.892. The highest BCUT2D eigenvalue weighted by atomic mass is 14.2. The molecule has 0 unspecified atom stereocenters. The van der Waals surface area contributed by atoms with Crippen molar-refractivity contribution in [3.05, 3.63) is 113 Å². The third-order valence-corrected chi connectivity index (χ3v) is 5.43. The highest BCUT2D eigenvalue weighted by Gasteiger charge is 2.12. The molecule has 0 saturated carbocycles. The topological polar surface area (TPSA) is 0 Å². The van der Waals surface area contributed by atoms with Crippen molar-refractivity contribution in [2.24, 2.45) is 5.92 Å². The van der Waals surface area contributed by atoms with Crippen molar-refractivity contribution in [3.63, 3.8) is 0 Å². The van der Waals surface area contributed by atoms with Crippen LogP contribution in [0.25, 0.3) is 16.3 Å². The van der Waals surface area contributed by atoms with Gasteiger partial charge in [-0.25, -0.2) is 0 Å². The predicted octanol–water partition coefficient (Wildman–Crippen LogP) is 9.82. The van der Waals surface area contributed by atoms with Gasteiger partial charge in [0.15, 0.2) is 0 Å². The molecule has 0 amide bonds. The van der Waals surface area contributed by atoms with E-state index in [0.717, 1.165) is 17.9 Å². The van der Waals surface area contributed by atoms with Crippen LogP contribution in [0, 0.1) is 5.92 Å². The molecule has 0 fully saturated rings. The lowest BCUT2D eigenvalue weighted by Gasteiger charge is -2.17. The lowest BCUT2D eigenvalue weighted by atomic mass is 9.87. The number of allylic oxidation sites excluding steroid dienone is 5. The van der Waals surface area contributed by atoms with E-state index in [1.54, 1.807) is 0 Å². The summed E-state index contributed by atoms with van der Waals surface area (Å²) >= 11 is 0. The largest absolute Gasteiger partial charge is 0.0961 e. The Labute approximate surface area is 196 Å². The zero-order valence-electron chi connectivity index (χ0n) is 20.9. The van der Waals surface area contributed by atoms with Crippen molar-refractivity contribution in [1.82, 2.24) is 0 Å². The molecule has 3 rings (SSSR count). The molecule has 0 N–H and O–H groups in total. The first-order valence-corrected chi connectivity index (χ1v) is 11.9. The average molecular weight is 425 g/mol. The van der Waals surface area contributed by atoms with Gasteiger partial charge in [0.2, 0.25) is 0 Å². The van der Waals surface area contributed by atoms with Crippen LogP contribution in [-0.4, -0.2) is 0 Å². The van der Waals surface area contributed by atoms with E-state index in [0.29, 0.717) is 0 Å². The number of benzene rings is 3. The Morgan fingerprint density at radius 3 is 2.03 bits per heavy atom. The maximum Gasteiger partial charge on any atom is -0.00134 e. The van der Waals surface area contributed by atoms with Gasteiger partial charge in [-0.3, -0.25) is 0 Å². The zero-order valence-corrected chi connectivity index (χ0v) is 20.9. The van der Waals surface area contributed by atoms with E-state index >= 15 is 0 Å². The van der Waals surface area contributed by atoms with Gasteiger partial charge >= 0.3 is 0 Å². The molecule has 0 spiro atoms.